The zero-order valence-corrected chi connectivity index (χ0v) is 13.0. The van der Waals surface area contributed by atoms with Gasteiger partial charge >= 0.3 is 0 Å². The average molecular weight is 365 g/mol. The monoisotopic (exact) mass is 363 g/mol. The van der Waals surface area contributed by atoms with E-state index in [1.807, 2.05) is 30.3 Å². The van der Waals surface area contributed by atoms with Gasteiger partial charge in [-0.25, -0.2) is 0 Å². The Kier molecular flexibility index (Phi) is 4.79. The van der Waals surface area contributed by atoms with Crippen molar-refractivity contribution < 1.29 is 0 Å². The summed E-state index contributed by atoms with van der Waals surface area (Å²) in [6, 6.07) is 11.1. The number of benzene rings is 2. The third-order valence-corrected chi connectivity index (χ3v) is 4.19. The van der Waals surface area contributed by atoms with E-state index in [9.17, 15) is 0 Å². The summed E-state index contributed by atoms with van der Waals surface area (Å²) < 4.78 is 0.847. The van der Waals surface area contributed by atoms with Gasteiger partial charge in [0.15, 0.2) is 0 Å². The Morgan fingerprint density at radius 2 is 1.67 bits per heavy atom. The van der Waals surface area contributed by atoms with E-state index in [1.54, 1.807) is 6.07 Å². The van der Waals surface area contributed by atoms with Crippen molar-refractivity contribution in [1.82, 2.24) is 0 Å². The molecule has 0 aromatic heterocycles. The molecule has 2 rings (SSSR count). The maximum absolute atomic E-state index is 6.02. The molecule has 0 fully saturated rings. The molecular weight excluding hydrogens is 356 g/mol. The minimum absolute atomic E-state index is 0.624. The molecule has 18 heavy (non-hydrogen) atoms. The van der Waals surface area contributed by atoms with Gasteiger partial charge in [0.05, 0.1) is 15.2 Å². The summed E-state index contributed by atoms with van der Waals surface area (Å²) in [5, 5.41) is 5.20. The highest BCUT2D eigenvalue weighted by Gasteiger charge is 2.04. The highest BCUT2D eigenvalue weighted by atomic mass is 79.9. The van der Waals surface area contributed by atoms with Crippen LogP contribution in [-0.4, -0.2) is 0 Å². The molecule has 0 aliphatic carbocycles. The molecule has 2 aromatic rings. The van der Waals surface area contributed by atoms with Crippen LogP contribution in [0.25, 0.3) is 0 Å². The predicted molar refractivity (Wildman–Crippen MR) is 82.9 cm³/mol. The lowest BCUT2D eigenvalue weighted by molar-refractivity contribution is 1.15. The van der Waals surface area contributed by atoms with Gasteiger partial charge in [-0.15, -0.1) is 0 Å². The van der Waals surface area contributed by atoms with E-state index in [1.165, 1.54) is 0 Å². The van der Waals surface area contributed by atoms with Gasteiger partial charge in [-0.2, -0.15) is 0 Å². The Morgan fingerprint density at radius 3 is 2.33 bits per heavy atom. The number of hydrogen-bond acceptors (Lipinski definition) is 1. The van der Waals surface area contributed by atoms with Crippen LogP contribution in [0.3, 0.4) is 0 Å². The predicted octanol–water partition coefficient (Wildman–Crippen LogP) is 6.02. The van der Waals surface area contributed by atoms with E-state index in [0.717, 1.165) is 15.7 Å². The first-order valence-electron chi connectivity index (χ1n) is 5.19. The Labute approximate surface area is 129 Å². The van der Waals surface area contributed by atoms with Crippen molar-refractivity contribution in [1.29, 1.82) is 0 Å². The second kappa shape index (κ2) is 6.16. The van der Waals surface area contributed by atoms with Gasteiger partial charge in [-0.3, -0.25) is 0 Å². The smallest absolute Gasteiger partial charge is 0.0593 e. The van der Waals surface area contributed by atoms with E-state index in [2.05, 4.69) is 21.2 Å². The van der Waals surface area contributed by atoms with Crippen LogP contribution in [0.15, 0.2) is 40.9 Å². The maximum Gasteiger partial charge on any atom is 0.0593 e. The topological polar surface area (TPSA) is 12.0 Å². The molecular formula is C13H9BrCl3N. The van der Waals surface area contributed by atoms with Crippen molar-refractivity contribution in [2.45, 2.75) is 6.54 Å². The molecule has 5 heteroatoms. The molecule has 1 nitrogen and oxygen atoms in total. The van der Waals surface area contributed by atoms with Crippen molar-refractivity contribution in [2.75, 3.05) is 5.32 Å². The number of halogens is 4. The average Bonchev–Trinajstić information content (AvgIpc) is 2.30. The van der Waals surface area contributed by atoms with Gasteiger partial charge < -0.3 is 5.32 Å². The molecule has 0 saturated heterocycles. The minimum Gasteiger partial charge on any atom is -0.380 e. The maximum atomic E-state index is 6.02. The normalized spacial score (nSPS) is 10.4. The van der Waals surface area contributed by atoms with Crippen molar-refractivity contribution in [3.8, 4) is 0 Å². The SMILES string of the molecule is Clc1cc(Cl)cc(CNc2cccc(Cl)c2Br)c1. The summed E-state index contributed by atoms with van der Waals surface area (Å²) in [5.41, 5.74) is 1.94. The molecule has 1 N–H and O–H groups in total. The van der Waals surface area contributed by atoms with Crippen LogP contribution in [0.1, 0.15) is 5.56 Å². The molecule has 0 saturated carbocycles. The Morgan fingerprint density at radius 1 is 1.00 bits per heavy atom. The van der Waals surface area contributed by atoms with Gasteiger partial charge in [-0.1, -0.05) is 40.9 Å². The number of nitrogens with one attached hydrogen (secondary N) is 1. The van der Waals surface area contributed by atoms with E-state index >= 15 is 0 Å². The number of hydrogen-bond donors (Lipinski definition) is 1. The fourth-order valence-corrected chi connectivity index (χ4v) is 2.70. The van der Waals surface area contributed by atoms with Crippen LogP contribution in [0.5, 0.6) is 0 Å². The molecule has 0 spiro atoms. The first-order chi connectivity index (χ1) is 8.56. The van der Waals surface area contributed by atoms with Crippen LogP contribution in [0.2, 0.25) is 15.1 Å². The standard InChI is InChI=1S/C13H9BrCl3N/c14-13-11(17)2-1-3-12(13)18-7-8-4-9(15)6-10(16)5-8/h1-6,18H,7H2. The van der Waals surface area contributed by atoms with Crippen LogP contribution >= 0.6 is 50.7 Å². The summed E-state index contributed by atoms with van der Waals surface area (Å²) in [5.74, 6) is 0. The van der Waals surface area contributed by atoms with Crippen LogP contribution in [0, 0.1) is 0 Å². The molecule has 0 unspecified atom stereocenters. The first-order valence-corrected chi connectivity index (χ1v) is 7.12. The second-order valence-electron chi connectivity index (χ2n) is 3.73. The van der Waals surface area contributed by atoms with Crippen LogP contribution in [-0.2, 0) is 6.54 Å². The van der Waals surface area contributed by atoms with Gasteiger partial charge in [-0.05, 0) is 51.8 Å². The fourth-order valence-electron chi connectivity index (χ4n) is 1.55. The van der Waals surface area contributed by atoms with Gasteiger partial charge in [0.1, 0.15) is 0 Å². The molecule has 0 atom stereocenters. The molecule has 2 aromatic carbocycles. The summed E-state index contributed by atoms with van der Waals surface area (Å²) in [6.45, 7) is 0.624. The Balaban J connectivity index is 2.14. The van der Waals surface area contributed by atoms with Crippen LogP contribution in [0.4, 0.5) is 5.69 Å². The first kappa shape index (κ1) is 14.0. The summed E-state index contributed by atoms with van der Waals surface area (Å²) >= 11 is 21.3. The highest BCUT2D eigenvalue weighted by molar-refractivity contribution is 9.10. The third-order valence-electron chi connectivity index (χ3n) is 2.36. The van der Waals surface area contributed by atoms with E-state index in [4.69, 9.17) is 34.8 Å². The fraction of sp³-hybridized carbons (Fsp3) is 0.0769. The van der Waals surface area contributed by atoms with Crippen molar-refractivity contribution in [2.24, 2.45) is 0 Å². The van der Waals surface area contributed by atoms with Crippen molar-refractivity contribution in [3.05, 3.63) is 61.5 Å². The molecule has 0 heterocycles. The lowest BCUT2D eigenvalue weighted by Gasteiger charge is -2.10. The third kappa shape index (κ3) is 3.55. The molecule has 0 aliphatic heterocycles. The van der Waals surface area contributed by atoms with E-state index < -0.39 is 0 Å². The second-order valence-corrected chi connectivity index (χ2v) is 5.81. The number of rotatable bonds is 3. The van der Waals surface area contributed by atoms with E-state index in [-0.39, 0.29) is 0 Å². The van der Waals surface area contributed by atoms with Gasteiger partial charge in [0.2, 0.25) is 0 Å². The lowest BCUT2D eigenvalue weighted by Crippen LogP contribution is -2.00. The summed E-state index contributed by atoms with van der Waals surface area (Å²) in [6.07, 6.45) is 0. The largest absolute Gasteiger partial charge is 0.380 e. The summed E-state index contributed by atoms with van der Waals surface area (Å²) in [7, 11) is 0. The highest BCUT2D eigenvalue weighted by Crippen LogP contribution is 2.30. The Bertz CT molecular complexity index is 552. The molecule has 0 bridgehead atoms. The van der Waals surface area contributed by atoms with Gasteiger partial charge in [0, 0.05) is 16.6 Å². The van der Waals surface area contributed by atoms with Crippen molar-refractivity contribution >= 4 is 56.4 Å². The lowest BCUT2D eigenvalue weighted by atomic mass is 10.2. The summed E-state index contributed by atoms with van der Waals surface area (Å²) in [4.78, 5) is 0. The molecule has 0 aliphatic rings. The minimum atomic E-state index is 0.624. The quantitative estimate of drug-likeness (QED) is 0.701. The Hall–Kier alpha value is -0.410. The van der Waals surface area contributed by atoms with Crippen LogP contribution < -0.4 is 5.32 Å². The molecule has 0 radical (unpaired) electrons. The molecule has 0 amide bonds. The zero-order valence-electron chi connectivity index (χ0n) is 9.18. The molecule has 94 valence electrons. The van der Waals surface area contributed by atoms with Crippen molar-refractivity contribution in [3.63, 3.8) is 0 Å². The zero-order chi connectivity index (χ0) is 13.1. The number of anilines is 1. The van der Waals surface area contributed by atoms with Gasteiger partial charge in [0.25, 0.3) is 0 Å². The van der Waals surface area contributed by atoms with E-state index in [0.29, 0.717) is 21.6 Å².